The van der Waals surface area contributed by atoms with Crippen molar-refractivity contribution < 1.29 is 19.1 Å². The van der Waals surface area contributed by atoms with E-state index in [0.717, 1.165) is 24.0 Å². The van der Waals surface area contributed by atoms with Gasteiger partial charge in [-0.25, -0.2) is 0 Å². The van der Waals surface area contributed by atoms with Crippen LogP contribution in [0.5, 0.6) is 5.75 Å². The number of fused-ring (bicyclic) bond motifs is 1. The van der Waals surface area contributed by atoms with Crippen LogP contribution in [0, 0.1) is 0 Å². The van der Waals surface area contributed by atoms with Crippen LogP contribution in [0.1, 0.15) is 155 Å². The van der Waals surface area contributed by atoms with Gasteiger partial charge in [0, 0.05) is 23.9 Å². The number of aromatic nitrogens is 3. The molecule has 0 aliphatic heterocycles. The minimum Gasteiger partial charge on any atom is -0.466 e. The Balaban J connectivity index is 1.41. The fourth-order valence-corrected chi connectivity index (χ4v) is 6.09. The van der Waals surface area contributed by atoms with E-state index in [2.05, 4.69) is 37.9 Å². The molecule has 260 valence electrons. The highest BCUT2D eigenvalue weighted by Crippen LogP contribution is 2.38. The summed E-state index contributed by atoms with van der Waals surface area (Å²) < 4.78 is 11.3. The maximum absolute atomic E-state index is 12.6. The van der Waals surface area contributed by atoms with Crippen LogP contribution in [-0.2, 0) is 26.2 Å². The number of hydrogen-bond acceptors (Lipinski definition) is 6. The van der Waals surface area contributed by atoms with Crippen LogP contribution in [0.2, 0.25) is 5.02 Å². The smallest absolute Gasteiger partial charge is 0.308 e. The van der Waals surface area contributed by atoms with Crippen LogP contribution in [0.15, 0.2) is 30.3 Å². The molecular formula is C39H58ClN3O4. The monoisotopic (exact) mass is 667 g/mol. The number of hydrogen-bond donors (Lipinski definition) is 0. The van der Waals surface area contributed by atoms with Crippen molar-refractivity contribution in [2.75, 3.05) is 6.61 Å². The molecule has 2 aromatic carbocycles. The minimum atomic E-state index is -0.429. The van der Waals surface area contributed by atoms with Gasteiger partial charge in [0.1, 0.15) is 16.7 Å². The van der Waals surface area contributed by atoms with Crippen molar-refractivity contribution in [1.82, 2.24) is 15.0 Å². The fraction of sp³-hybridized carbons (Fsp3) is 0.641. The van der Waals surface area contributed by atoms with E-state index in [1.54, 1.807) is 18.2 Å². The van der Waals surface area contributed by atoms with E-state index in [1.807, 2.05) is 12.1 Å². The largest absolute Gasteiger partial charge is 0.466 e. The van der Waals surface area contributed by atoms with Gasteiger partial charge < -0.3 is 9.47 Å². The summed E-state index contributed by atoms with van der Waals surface area (Å²) in [4.78, 5) is 26.3. The number of carbonyl (C=O) groups is 2. The zero-order valence-corrected chi connectivity index (χ0v) is 30.4. The number of carbonyl (C=O) groups excluding carboxylic acids is 2. The Kier molecular flexibility index (Phi) is 16.8. The van der Waals surface area contributed by atoms with Crippen LogP contribution < -0.4 is 4.74 Å². The Morgan fingerprint density at radius 3 is 1.87 bits per heavy atom. The molecule has 0 amide bonds. The lowest BCUT2D eigenvalue weighted by Gasteiger charge is -2.25. The number of rotatable bonds is 22. The van der Waals surface area contributed by atoms with Crippen LogP contribution in [0.3, 0.4) is 0 Å². The third kappa shape index (κ3) is 14.0. The maximum Gasteiger partial charge on any atom is 0.308 e. The summed E-state index contributed by atoms with van der Waals surface area (Å²) in [5, 5.41) is 9.80. The quantitative estimate of drug-likeness (QED) is 0.0602. The van der Waals surface area contributed by atoms with E-state index in [1.165, 1.54) is 102 Å². The lowest BCUT2D eigenvalue weighted by atomic mass is 9.84. The van der Waals surface area contributed by atoms with Gasteiger partial charge in [0.15, 0.2) is 5.75 Å². The van der Waals surface area contributed by atoms with Crippen molar-refractivity contribution in [1.29, 1.82) is 0 Å². The highest BCUT2D eigenvalue weighted by Gasteiger charge is 2.26. The molecule has 47 heavy (non-hydrogen) atoms. The van der Waals surface area contributed by atoms with Crippen LogP contribution in [0.25, 0.3) is 16.7 Å². The van der Waals surface area contributed by atoms with Gasteiger partial charge in [0.2, 0.25) is 0 Å². The molecule has 0 saturated carbocycles. The zero-order valence-electron chi connectivity index (χ0n) is 29.7. The first kappa shape index (κ1) is 38.5. The molecule has 0 unspecified atom stereocenters. The molecule has 0 bridgehead atoms. The normalized spacial score (nSPS) is 11.7. The average Bonchev–Trinajstić information content (AvgIpc) is 3.44. The van der Waals surface area contributed by atoms with E-state index in [0.29, 0.717) is 40.5 Å². The lowest BCUT2D eigenvalue weighted by Crippen LogP contribution is -2.18. The van der Waals surface area contributed by atoms with Gasteiger partial charge in [-0.2, -0.15) is 0 Å². The topological polar surface area (TPSA) is 83.3 Å². The van der Waals surface area contributed by atoms with Gasteiger partial charge in [-0.05, 0) is 48.1 Å². The molecule has 0 saturated heterocycles. The highest BCUT2D eigenvalue weighted by molar-refractivity contribution is 6.31. The molecular weight excluding hydrogens is 610 g/mol. The molecule has 3 aromatic rings. The van der Waals surface area contributed by atoms with Crippen molar-refractivity contribution in [3.8, 4) is 11.4 Å². The number of unbranched alkanes of at least 4 members (excludes halogenated alkanes) is 15. The first-order valence-corrected chi connectivity index (χ1v) is 18.5. The number of benzene rings is 2. The predicted octanol–water partition coefficient (Wildman–Crippen LogP) is 11.0. The lowest BCUT2D eigenvalue weighted by molar-refractivity contribution is -0.143. The molecule has 3 rings (SSSR count). The summed E-state index contributed by atoms with van der Waals surface area (Å²) >= 11 is 6.18. The average molecular weight is 668 g/mol. The van der Waals surface area contributed by atoms with E-state index >= 15 is 0 Å². The minimum absolute atomic E-state index is 0.202. The zero-order chi connectivity index (χ0) is 34.1. The third-order valence-corrected chi connectivity index (χ3v) is 8.85. The maximum atomic E-state index is 12.6. The fourth-order valence-electron chi connectivity index (χ4n) is 5.92. The van der Waals surface area contributed by atoms with Gasteiger partial charge >= 0.3 is 11.9 Å². The SMILES string of the molecule is CCCCCCCCCCCCCCCCCCOC(=O)CCc1cc(-n2nc3ccc(Cl)cc3n2)c(OC(C)=O)c(C(C)(C)C)c1. The first-order valence-electron chi connectivity index (χ1n) is 18.1. The van der Waals surface area contributed by atoms with Crippen LogP contribution >= 0.6 is 11.6 Å². The van der Waals surface area contributed by atoms with Gasteiger partial charge in [0.05, 0.1) is 6.61 Å². The van der Waals surface area contributed by atoms with E-state index in [9.17, 15) is 9.59 Å². The predicted molar refractivity (Wildman–Crippen MR) is 193 cm³/mol. The Morgan fingerprint density at radius 1 is 0.766 bits per heavy atom. The molecule has 1 aromatic heterocycles. The van der Waals surface area contributed by atoms with Crippen molar-refractivity contribution in [2.45, 2.75) is 156 Å². The van der Waals surface area contributed by atoms with Crippen molar-refractivity contribution in [3.63, 3.8) is 0 Å². The Labute approximate surface area is 288 Å². The van der Waals surface area contributed by atoms with E-state index < -0.39 is 5.97 Å². The second-order valence-electron chi connectivity index (χ2n) is 14.0. The number of aryl methyl sites for hydroxylation is 1. The highest BCUT2D eigenvalue weighted by atomic mass is 35.5. The summed E-state index contributed by atoms with van der Waals surface area (Å²) in [6.07, 6.45) is 21.8. The summed E-state index contributed by atoms with van der Waals surface area (Å²) in [5.41, 5.74) is 3.24. The molecule has 7 nitrogen and oxygen atoms in total. The molecule has 0 fully saturated rings. The van der Waals surface area contributed by atoms with Crippen molar-refractivity contribution >= 4 is 34.6 Å². The molecule has 8 heteroatoms. The van der Waals surface area contributed by atoms with Gasteiger partial charge in [-0.3, -0.25) is 9.59 Å². The van der Waals surface area contributed by atoms with E-state index in [4.69, 9.17) is 21.1 Å². The molecule has 0 radical (unpaired) electrons. The molecule has 0 spiro atoms. The number of nitrogens with zero attached hydrogens (tertiary/aromatic N) is 3. The Bertz CT molecular complexity index is 1390. The summed E-state index contributed by atoms with van der Waals surface area (Å²) in [7, 11) is 0. The summed E-state index contributed by atoms with van der Waals surface area (Å²) in [6.45, 7) is 10.3. The van der Waals surface area contributed by atoms with Crippen molar-refractivity contribution in [2.24, 2.45) is 0 Å². The summed E-state index contributed by atoms with van der Waals surface area (Å²) in [6, 6.07) is 9.20. The van der Waals surface area contributed by atoms with Crippen LogP contribution in [-0.4, -0.2) is 33.5 Å². The third-order valence-electron chi connectivity index (χ3n) is 8.62. The standard InChI is InChI=1S/C39H58ClN3O4/c1-6-7-8-9-10-11-12-13-14-15-16-17-18-19-20-21-26-46-37(45)25-22-31-27-33(39(3,4)5)38(47-30(2)44)36(28-31)43-41-34-24-23-32(40)29-35(34)42-43/h23-24,27-29H,6-22,25-26H2,1-5H3. The number of esters is 2. The van der Waals surface area contributed by atoms with E-state index in [-0.39, 0.29) is 17.8 Å². The Morgan fingerprint density at radius 2 is 1.32 bits per heavy atom. The Hall–Kier alpha value is -2.93. The second-order valence-corrected chi connectivity index (χ2v) is 14.4. The van der Waals surface area contributed by atoms with Gasteiger partial charge in [-0.1, -0.05) is 142 Å². The number of ether oxygens (including phenoxy) is 2. The number of halogens is 1. The molecule has 0 aliphatic rings. The van der Waals surface area contributed by atoms with Crippen LogP contribution in [0.4, 0.5) is 0 Å². The summed E-state index contributed by atoms with van der Waals surface area (Å²) in [5.74, 6) is -0.223. The molecule has 0 aliphatic carbocycles. The molecule has 0 N–H and O–H groups in total. The van der Waals surface area contributed by atoms with Gasteiger partial charge in [-0.15, -0.1) is 15.0 Å². The second kappa shape index (κ2) is 20.4. The van der Waals surface area contributed by atoms with Gasteiger partial charge in [0.25, 0.3) is 0 Å². The molecule has 1 heterocycles. The van der Waals surface area contributed by atoms with Crippen molar-refractivity contribution in [3.05, 3.63) is 46.5 Å². The first-order chi connectivity index (χ1) is 22.6. The molecule has 0 atom stereocenters.